The number of hydrogen-bond donors (Lipinski definition) is 2. The molecule has 1 aliphatic heterocycles. The van der Waals surface area contributed by atoms with Gasteiger partial charge in [0.25, 0.3) is 0 Å². The Kier molecular flexibility index (Phi) is 5.73. The number of aryl methyl sites for hydroxylation is 1. The molecule has 0 saturated carbocycles. The van der Waals surface area contributed by atoms with Gasteiger partial charge in [0.2, 0.25) is 5.91 Å². The molecule has 1 heterocycles. The number of carbonyl (C=O) groups is 2. The van der Waals surface area contributed by atoms with Crippen molar-refractivity contribution in [3.05, 3.63) is 59.2 Å². The smallest absolute Gasteiger partial charge is 0.335 e. The third-order valence-corrected chi connectivity index (χ3v) is 4.21. The molecule has 2 N–H and O–H groups in total. The van der Waals surface area contributed by atoms with Gasteiger partial charge in [0.05, 0.1) is 5.56 Å². The van der Waals surface area contributed by atoms with Crippen molar-refractivity contribution in [2.75, 3.05) is 19.8 Å². The minimum atomic E-state index is -0.973. The second-order valence-corrected chi connectivity index (χ2v) is 6.04. The Morgan fingerprint density at radius 2 is 1.77 bits per heavy atom. The van der Waals surface area contributed by atoms with Gasteiger partial charge in [-0.3, -0.25) is 4.79 Å². The summed E-state index contributed by atoms with van der Waals surface area (Å²) in [5.74, 6) is 0.425. The third kappa shape index (κ3) is 4.53. The van der Waals surface area contributed by atoms with Crippen LogP contribution in [0.1, 0.15) is 27.9 Å². The van der Waals surface area contributed by atoms with Crippen molar-refractivity contribution >= 4 is 11.9 Å². The Hall–Kier alpha value is -3.02. The number of ether oxygens (including phenoxy) is 2. The second kappa shape index (κ2) is 8.38. The fourth-order valence-corrected chi connectivity index (χ4v) is 2.87. The Morgan fingerprint density at radius 3 is 2.58 bits per heavy atom. The van der Waals surface area contributed by atoms with Crippen molar-refractivity contribution in [3.8, 4) is 11.5 Å². The third-order valence-electron chi connectivity index (χ3n) is 4.21. The molecule has 6 heteroatoms. The number of amides is 1. The van der Waals surface area contributed by atoms with E-state index in [4.69, 9.17) is 14.6 Å². The lowest BCUT2D eigenvalue weighted by Crippen LogP contribution is -2.26. The van der Waals surface area contributed by atoms with E-state index in [9.17, 15) is 9.59 Å². The number of carbonyl (C=O) groups excluding carboxylic acids is 1. The first-order valence-electron chi connectivity index (χ1n) is 8.60. The summed E-state index contributed by atoms with van der Waals surface area (Å²) in [5, 5.41) is 12.0. The minimum Gasteiger partial charge on any atom is -0.486 e. The molecule has 0 aromatic heterocycles. The monoisotopic (exact) mass is 355 g/mol. The van der Waals surface area contributed by atoms with Gasteiger partial charge < -0.3 is 19.9 Å². The van der Waals surface area contributed by atoms with Gasteiger partial charge in [0.1, 0.15) is 13.2 Å². The summed E-state index contributed by atoms with van der Waals surface area (Å²) in [7, 11) is 0. The quantitative estimate of drug-likeness (QED) is 0.797. The molecular formula is C20H21NO5. The minimum absolute atomic E-state index is 0.0947. The fourth-order valence-electron chi connectivity index (χ4n) is 2.87. The summed E-state index contributed by atoms with van der Waals surface area (Å²) in [6.07, 6.45) is 1.35. The Bertz CT molecular complexity index is 803. The van der Waals surface area contributed by atoms with E-state index in [-0.39, 0.29) is 17.9 Å². The standard InChI is InChI=1S/C20H21NO5/c22-19(8-6-15-3-1-2-4-16(15)20(23)24)21-10-9-14-5-7-17-18(13-14)26-12-11-25-17/h1-5,7,13H,6,8-12H2,(H,21,22)(H,23,24). The maximum Gasteiger partial charge on any atom is 0.335 e. The highest BCUT2D eigenvalue weighted by Crippen LogP contribution is 2.30. The topological polar surface area (TPSA) is 84.9 Å². The van der Waals surface area contributed by atoms with Gasteiger partial charge in [-0.25, -0.2) is 4.79 Å². The van der Waals surface area contributed by atoms with Crippen molar-refractivity contribution in [3.63, 3.8) is 0 Å². The molecule has 0 aliphatic carbocycles. The van der Waals surface area contributed by atoms with Crippen molar-refractivity contribution in [2.45, 2.75) is 19.3 Å². The molecular weight excluding hydrogens is 334 g/mol. The summed E-state index contributed by atoms with van der Waals surface area (Å²) < 4.78 is 11.0. The fraction of sp³-hybridized carbons (Fsp3) is 0.300. The van der Waals surface area contributed by atoms with Crippen molar-refractivity contribution in [1.82, 2.24) is 5.32 Å². The zero-order valence-electron chi connectivity index (χ0n) is 14.4. The molecule has 1 aliphatic rings. The highest BCUT2D eigenvalue weighted by molar-refractivity contribution is 5.89. The van der Waals surface area contributed by atoms with E-state index in [0.29, 0.717) is 38.2 Å². The van der Waals surface area contributed by atoms with Crippen LogP contribution in [0.15, 0.2) is 42.5 Å². The summed E-state index contributed by atoms with van der Waals surface area (Å²) >= 11 is 0. The molecule has 3 rings (SSSR count). The highest BCUT2D eigenvalue weighted by atomic mass is 16.6. The Balaban J connectivity index is 1.45. The molecule has 0 bridgehead atoms. The number of carboxylic acid groups (broad SMARTS) is 1. The average Bonchev–Trinajstić information content (AvgIpc) is 2.66. The molecule has 2 aromatic carbocycles. The summed E-state index contributed by atoms with van der Waals surface area (Å²) in [4.78, 5) is 23.2. The van der Waals surface area contributed by atoms with Gasteiger partial charge in [-0.2, -0.15) is 0 Å². The molecule has 0 fully saturated rings. The molecule has 1 amide bonds. The van der Waals surface area contributed by atoms with Gasteiger partial charge >= 0.3 is 5.97 Å². The molecule has 0 atom stereocenters. The van der Waals surface area contributed by atoms with Crippen LogP contribution in [-0.4, -0.2) is 36.7 Å². The second-order valence-electron chi connectivity index (χ2n) is 6.04. The predicted octanol–water partition coefficient (Wildman–Crippen LogP) is 2.45. The normalized spacial score (nSPS) is 12.5. The van der Waals surface area contributed by atoms with Crippen LogP contribution in [0.3, 0.4) is 0 Å². The van der Waals surface area contributed by atoms with Crippen molar-refractivity contribution in [2.24, 2.45) is 0 Å². The van der Waals surface area contributed by atoms with Crippen LogP contribution in [0.4, 0.5) is 0 Å². The van der Waals surface area contributed by atoms with Crippen LogP contribution in [0.25, 0.3) is 0 Å². The maximum absolute atomic E-state index is 12.0. The molecule has 6 nitrogen and oxygen atoms in total. The zero-order valence-corrected chi connectivity index (χ0v) is 14.4. The van der Waals surface area contributed by atoms with Crippen LogP contribution in [0.5, 0.6) is 11.5 Å². The summed E-state index contributed by atoms with van der Waals surface area (Å²) in [6.45, 7) is 1.62. The highest BCUT2D eigenvalue weighted by Gasteiger charge is 2.12. The van der Waals surface area contributed by atoms with Gasteiger partial charge in [-0.15, -0.1) is 0 Å². The maximum atomic E-state index is 12.0. The van der Waals surface area contributed by atoms with Gasteiger partial charge in [-0.1, -0.05) is 24.3 Å². The lowest BCUT2D eigenvalue weighted by molar-refractivity contribution is -0.121. The SMILES string of the molecule is O=C(CCc1ccccc1C(=O)O)NCCc1ccc2c(c1)OCCO2. The van der Waals surface area contributed by atoms with Crippen LogP contribution >= 0.6 is 0 Å². The van der Waals surface area contributed by atoms with E-state index in [1.165, 1.54) is 0 Å². The first-order valence-corrected chi connectivity index (χ1v) is 8.60. The van der Waals surface area contributed by atoms with Crippen LogP contribution < -0.4 is 14.8 Å². The van der Waals surface area contributed by atoms with Crippen molar-refractivity contribution in [1.29, 1.82) is 0 Å². The Morgan fingerprint density at radius 1 is 1.00 bits per heavy atom. The van der Waals surface area contributed by atoms with Crippen molar-refractivity contribution < 1.29 is 24.2 Å². The molecule has 0 unspecified atom stereocenters. The summed E-state index contributed by atoms with van der Waals surface area (Å²) in [6, 6.07) is 12.5. The zero-order chi connectivity index (χ0) is 18.4. The van der Waals surface area contributed by atoms with Crippen LogP contribution in [0.2, 0.25) is 0 Å². The predicted molar refractivity (Wildman–Crippen MR) is 95.9 cm³/mol. The first-order chi connectivity index (χ1) is 12.6. The number of carboxylic acids is 1. The lowest BCUT2D eigenvalue weighted by atomic mass is 10.0. The number of hydrogen-bond acceptors (Lipinski definition) is 4. The first kappa shape index (κ1) is 17.8. The Labute approximate surface area is 151 Å². The number of aromatic carboxylic acids is 1. The average molecular weight is 355 g/mol. The van der Waals surface area contributed by atoms with Gasteiger partial charge in [0.15, 0.2) is 11.5 Å². The molecule has 0 spiro atoms. The van der Waals surface area contributed by atoms with E-state index >= 15 is 0 Å². The number of benzene rings is 2. The van der Waals surface area contributed by atoms with E-state index < -0.39 is 5.97 Å². The largest absolute Gasteiger partial charge is 0.486 e. The molecule has 0 saturated heterocycles. The van der Waals surface area contributed by atoms with E-state index in [2.05, 4.69) is 5.32 Å². The van der Waals surface area contributed by atoms with Gasteiger partial charge in [-0.05, 0) is 42.2 Å². The molecule has 2 aromatic rings. The van der Waals surface area contributed by atoms with Crippen LogP contribution in [0, 0.1) is 0 Å². The van der Waals surface area contributed by atoms with Crippen LogP contribution in [-0.2, 0) is 17.6 Å². The molecule has 0 radical (unpaired) electrons. The number of fused-ring (bicyclic) bond motifs is 1. The van der Waals surface area contributed by atoms with E-state index in [1.54, 1.807) is 24.3 Å². The van der Waals surface area contributed by atoms with Gasteiger partial charge in [0, 0.05) is 13.0 Å². The number of nitrogens with one attached hydrogen (secondary N) is 1. The number of rotatable bonds is 7. The molecule has 26 heavy (non-hydrogen) atoms. The van der Waals surface area contributed by atoms with E-state index in [0.717, 1.165) is 17.1 Å². The summed E-state index contributed by atoms with van der Waals surface area (Å²) in [5.41, 5.74) is 1.98. The molecule has 136 valence electrons. The van der Waals surface area contributed by atoms with E-state index in [1.807, 2.05) is 18.2 Å². The lowest BCUT2D eigenvalue weighted by Gasteiger charge is -2.18.